The number of unbranched alkanes of at least 4 members (excludes halogenated alkanes) is 35. The minimum atomic E-state index is -1.79. The van der Waals surface area contributed by atoms with E-state index in [0.717, 1.165) is 44.9 Å². The van der Waals surface area contributed by atoms with E-state index in [4.69, 9.17) is 18.9 Å². The van der Waals surface area contributed by atoms with E-state index < -0.39 is 86.8 Å². The highest BCUT2D eigenvalue weighted by Crippen LogP contribution is 2.30. The zero-order valence-electron chi connectivity index (χ0n) is 49.4. The van der Waals surface area contributed by atoms with Crippen molar-refractivity contribution < 1.29 is 64.6 Å². The van der Waals surface area contributed by atoms with Crippen LogP contribution in [-0.2, 0) is 23.7 Å². The van der Waals surface area contributed by atoms with E-state index in [-0.39, 0.29) is 18.9 Å². The van der Waals surface area contributed by atoms with E-state index in [9.17, 15) is 45.6 Å². The third-order valence-corrected chi connectivity index (χ3v) is 15.8. The molecule has 78 heavy (non-hydrogen) atoms. The Balaban J connectivity index is 1.75. The predicted molar refractivity (Wildman–Crippen MR) is 314 cm³/mol. The molecule has 1 amide bonds. The van der Waals surface area contributed by atoms with E-state index >= 15 is 0 Å². The lowest BCUT2D eigenvalue weighted by molar-refractivity contribution is -0.359. The van der Waals surface area contributed by atoms with Crippen LogP contribution in [0.4, 0.5) is 0 Å². The molecule has 0 aromatic rings. The maximum Gasteiger partial charge on any atom is 0.220 e. The second-order valence-corrected chi connectivity index (χ2v) is 22.9. The Labute approximate surface area is 474 Å². The van der Waals surface area contributed by atoms with Crippen LogP contribution in [0.5, 0.6) is 0 Å². The van der Waals surface area contributed by atoms with E-state index in [1.165, 1.54) is 193 Å². The van der Waals surface area contributed by atoms with E-state index in [0.29, 0.717) is 12.8 Å². The summed E-state index contributed by atoms with van der Waals surface area (Å²) in [5.74, 6) is -0.249. The maximum atomic E-state index is 13.3. The van der Waals surface area contributed by atoms with Crippen molar-refractivity contribution in [2.45, 2.75) is 344 Å². The molecule has 12 unspecified atom stereocenters. The van der Waals surface area contributed by atoms with Crippen LogP contribution in [0.15, 0.2) is 36.5 Å². The molecule has 2 heterocycles. The number of carbonyl (C=O) groups excluding carboxylic acids is 1. The van der Waals surface area contributed by atoms with Crippen LogP contribution in [0.1, 0.15) is 271 Å². The van der Waals surface area contributed by atoms with Gasteiger partial charge >= 0.3 is 0 Å². The highest BCUT2D eigenvalue weighted by atomic mass is 16.7. The topological polar surface area (TPSA) is 228 Å². The van der Waals surface area contributed by atoms with Gasteiger partial charge in [0, 0.05) is 6.42 Å². The molecular formula is C64H119NO13. The van der Waals surface area contributed by atoms with E-state index in [1.807, 2.05) is 6.08 Å². The lowest BCUT2D eigenvalue weighted by Gasteiger charge is -2.46. The normalized spacial score (nSPS) is 24.7. The number of aliphatic hydroxyl groups excluding tert-OH is 8. The molecule has 12 atom stereocenters. The fraction of sp³-hybridized carbons (Fsp3) is 0.891. The fourth-order valence-corrected chi connectivity index (χ4v) is 10.6. The van der Waals surface area contributed by atoms with Gasteiger partial charge in [-0.25, -0.2) is 0 Å². The van der Waals surface area contributed by atoms with Crippen molar-refractivity contribution >= 4 is 5.91 Å². The molecule has 14 heteroatoms. The molecular weight excluding hydrogens is 991 g/mol. The number of hydrogen-bond acceptors (Lipinski definition) is 13. The number of allylic oxidation sites excluding steroid dienone is 5. The first-order valence-corrected chi connectivity index (χ1v) is 32.2. The molecule has 2 saturated heterocycles. The quantitative estimate of drug-likeness (QED) is 0.0204. The van der Waals surface area contributed by atoms with Crippen LogP contribution >= 0.6 is 0 Å². The van der Waals surface area contributed by atoms with Gasteiger partial charge in [-0.15, -0.1) is 0 Å². The van der Waals surface area contributed by atoms with Crippen LogP contribution in [0, 0.1) is 0 Å². The van der Waals surface area contributed by atoms with Gasteiger partial charge in [-0.3, -0.25) is 4.79 Å². The lowest BCUT2D eigenvalue weighted by Crippen LogP contribution is -2.65. The smallest absolute Gasteiger partial charge is 0.220 e. The molecule has 2 rings (SSSR count). The van der Waals surface area contributed by atoms with Crippen molar-refractivity contribution in [3.8, 4) is 0 Å². The van der Waals surface area contributed by atoms with Gasteiger partial charge in [0.25, 0.3) is 0 Å². The third-order valence-electron chi connectivity index (χ3n) is 15.8. The highest BCUT2D eigenvalue weighted by Gasteiger charge is 2.51. The van der Waals surface area contributed by atoms with Gasteiger partial charge in [0.2, 0.25) is 5.91 Å². The largest absolute Gasteiger partial charge is 0.394 e. The summed E-state index contributed by atoms with van der Waals surface area (Å²) in [6.45, 7) is 2.81. The van der Waals surface area contributed by atoms with Gasteiger partial charge in [-0.1, -0.05) is 256 Å². The van der Waals surface area contributed by atoms with Crippen molar-refractivity contribution in [2.24, 2.45) is 0 Å². The van der Waals surface area contributed by atoms with Crippen molar-refractivity contribution in [3.05, 3.63) is 36.5 Å². The van der Waals surface area contributed by atoms with Crippen LogP contribution in [-0.4, -0.2) is 140 Å². The number of ether oxygens (including phenoxy) is 4. The summed E-state index contributed by atoms with van der Waals surface area (Å²) < 4.78 is 22.8. The van der Waals surface area contributed by atoms with Gasteiger partial charge < -0.3 is 65.1 Å². The molecule has 2 fully saturated rings. The number of aliphatic hydroxyl groups is 8. The summed E-state index contributed by atoms with van der Waals surface area (Å²) >= 11 is 0. The minimum Gasteiger partial charge on any atom is -0.394 e. The summed E-state index contributed by atoms with van der Waals surface area (Å²) in [6.07, 6.45) is 44.8. The highest BCUT2D eigenvalue weighted by molar-refractivity contribution is 5.76. The molecule has 0 aliphatic carbocycles. The van der Waals surface area contributed by atoms with E-state index in [1.54, 1.807) is 6.08 Å². The Morgan fingerprint density at radius 1 is 0.449 bits per heavy atom. The molecule has 0 spiro atoms. The van der Waals surface area contributed by atoms with Gasteiger partial charge in [0.1, 0.15) is 48.8 Å². The second kappa shape index (κ2) is 49.8. The Kier molecular flexibility index (Phi) is 46.2. The average molecular weight is 1110 g/mol. The van der Waals surface area contributed by atoms with Crippen LogP contribution in [0.2, 0.25) is 0 Å². The monoisotopic (exact) mass is 1110 g/mol. The van der Waals surface area contributed by atoms with Crippen LogP contribution in [0.25, 0.3) is 0 Å². The molecule has 9 N–H and O–H groups in total. The summed E-state index contributed by atoms with van der Waals surface area (Å²) in [5, 5.41) is 87.2. The van der Waals surface area contributed by atoms with Crippen molar-refractivity contribution in [2.75, 3.05) is 19.8 Å². The minimum absolute atomic E-state index is 0.249. The number of amides is 1. The number of carbonyl (C=O) groups is 1. The summed E-state index contributed by atoms with van der Waals surface area (Å²) in [5.41, 5.74) is 0. The Hall–Kier alpha value is -1.79. The van der Waals surface area contributed by atoms with Gasteiger partial charge in [0.15, 0.2) is 12.6 Å². The predicted octanol–water partition coefficient (Wildman–Crippen LogP) is 11.8. The fourth-order valence-electron chi connectivity index (χ4n) is 10.6. The molecule has 0 bridgehead atoms. The lowest BCUT2D eigenvalue weighted by atomic mass is 9.97. The summed E-state index contributed by atoms with van der Waals surface area (Å²) in [7, 11) is 0. The summed E-state index contributed by atoms with van der Waals surface area (Å²) in [6, 6.07) is -0.936. The zero-order chi connectivity index (χ0) is 56.7. The Morgan fingerprint density at radius 2 is 0.821 bits per heavy atom. The van der Waals surface area contributed by atoms with Crippen LogP contribution < -0.4 is 5.32 Å². The van der Waals surface area contributed by atoms with Crippen molar-refractivity contribution in [3.63, 3.8) is 0 Å². The molecule has 0 saturated carbocycles. The maximum absolute atomic E-state index is 13.3. The number of rotatable bonds is 52. The molecule has 0 radical (unpaired) electrons. The molecule has 14 nitrogen and oxygen atoms in total. The molecule has 0 aromatic heterocycles. The molecule has 2 aliphatic heterocycles. The summed E-state index contributed by atoms with van der Waals surface area (Å²) in [4.78, 5) is 13.3. The SMILES string of the molecule is CCCCCCCCCCCCCCCCC/C=C/CC/C=C/CC/C=C/C(O)C(COC1OC(CO)C(OC2OC(CO)C(O)C(O)C2O)C(O)C1O)NC(=O)CCCCCCCCCCCCCCCCCCCCC. The first-order valence-electron chi connectivity index (χ1n) is 32.2. The first kappa shape index (κ1) is 72.3. The molecule has 0 aromatic carbocycles. The van der Waals surface area contributed by atoms with Gasteiger partial charge in [-0.05, 0) is 44.9 Å². The standard InChI is InChI=1S/C64H119NO13/c1-3-5-7-9-11-13-15-17-19-21-23-24-25-26-27-28-30-31-33-35-37-39-41-43-45-47-53(68)52(65-56(69)48-46-44-42-40-38-36-34-32-29-22-20-18-16-14-12-10-8-6-4-2)51-75-63-61(74)59(72)62(55(50-67)77-63)78-64-60(73)58(71)57(70)54(49-66)76-64/h30-31,37,39,45,47,52-55,57-64,66-68,70-74H,3-29,32-36,38,40-44,46,48-51H2,1-2H3,(H,65,69)/b31-30+,39-37+,47-45+. The van der Waals surface area contributed by atoms with Gasteiger partial charge in [0.05, 0.1) is 32.0 Å². The van der Waals surface area contributed by atoms with E-state index in [2.05, 4.69) is 43.5 Å². The van der Waals surface area contributed by atoms with Crippen molar-refractivity contribution in [1.29, 1.82) is 0 Å². The molecule has 2 aliphatic rings. The Bertz CT molecular complexity index is 1450. The second-order valence-electron chi connectivity index (χ2n) is 22.9. The molecule has 458 valence electrons. The third kappa shape index (κ3) is 34.6. The van der Waals surface area contributed by atoms with Gasteiger partial charge in [-0.2, -0.15) is 0 Å². The van der Waals surface area contributed by atoms with Crippen molar-refractivity contribution in [1.82, 2.24) is 5.32 Å². The number of hydrogen-bond donors (Lipinski definition) is 9. The first-order chi connectivity index (χ1) is 38.1. The Morgan fingerprint density at radius 3 is 1.26 bits per heavy atom. The zero-order valence-corrected chi connectivity index (χ0v) is 49.4. The average Bonchev–Trinajstić information content (AvgIpc) is 3.44. The number of nitrogens with one attached hydrogen (secondary N) is 1. The van der Waals surface area contributed by atoms with Crippen LogP contribution in [0.3, 0.4) is 0 Å².